The van der Waals surface area contributed by atoms with Crippen LogP contribution in [0.5, 0.6) is 11.5 Å². The predicted molar refractivity (Wildman–Crippen MR) is 216 cm³/mol. The van der Waals surface area contributed by atoms with Gasteiger partial charge in [-0.05, 0) is 95.5 Å². The minimum Gasteiger partial charge on any atom is -0.509 e. The Bertz CT molecular complexity index is 2390. The van der Waals surface area contributed by atoms with Crippen molar-refractivity contribution in [3.63, 3.8) is 0 Å². The van der Waals surface area contributed by atoms with Gasteiger partial charge in [-0.25, -0.2) is 4.98 Å². The Kier molecular flexibility index (Phi) is 11.2. The van der Waals surface area contributed by atoms with E-state index >= 15 is 0 Å². The molecule has 3 heterocycles. The second-order valence-corrected chi connectivity index (χ2v) is 15.6. The number of aryl methyl sites for hydroxylation is 1. The molecular formula is C47H50N4OPd. The van der Waals surface area contributed by atoms with E-state index in [2.05, 4.69) is 159 Å². The summed E-state index contributed by atoms with van der Waals surface area (Å²) in [5.74, 6) is 3.75. The molecule has 0 radical (unpaired) electrons. The van der Waals surface area contributed by atoms with Crippen molar-refractivity contribution < 1.29 is 25.2 Å². The fraction of sp³-hybridized carbons (Fsp3) is 0.319. The molecule has 0 atom stereocenters. The first-order valence-electron chi connectivity index (χ1n) is 18.8. The number of hydrogen-bond donors (Lipinski definition) is 0. The molecule has 7 rings (SSSR count). The minimum atomic E-state index is 0. The minimum absolute atomic E-state index is 0. The van der Waals surface area contributed by atoms with Gasteiger partial charge in [0.05, 0.1) is 5.69 Å². The van der Waals surface area contributed by atoms with E-state index in [1.165, 1.54) is 27.8 Å². The number of rotatable bonds is 10. The molecule has 0 bridgehead atoms. The van der Waals surface area contributed by atoms with Crippen LogP contribution in [-0.2, 0) is 26.8 Å². The molecule has 7 aromatic rings. The molecule has 274 valence electrons. The van der Waals surface area contributed by atoms with Crippen molar-refractivity contribution in [1.82, 2.24) is 19.3 Å². The van der Waals surface area contributed by atoms with Gasteiger partial charge in [0.2, 0.25) is 0 Å². The van der Waals surface area contributed by atoms with Crippen LogP contribution in [0.3, 0.4) is 0 Å². The van der Waals surface area contributed by atoms with Crippen molar-refractivity contribution in [2.45, 2.75) is 93.4 Å². The standard InChI is InChI=1S/C47H50N4O.Pd/c1-28(2)22-34-20-21-48-45(23-34)50-43-17-12-11-14-41(43)42-19-18-37(27-44(42)50)52-38-25-35(29(3)4)24-36(26-38)51-33(10)46(32(9)49-51)47-39(30(5)6)15-13-16-40(47)31(7)8;/h11-21,23-25,28-31H,22H2,1-10H3;/q-2;+2. The monoisotopic (exact) mass is 792 g/mol. The smallest absolute Gasteiger partial charge is 0.509 e. The second-order valence-electron chi connectivity index (χ2n) is 15.6. The van der Waals surface area contributed by atoms with Gasteiger partial charge in [-0.2, -0.15) is 11.2 Å². The molecular weight excluding hydrogens is 743 g/mol. The summed E-state index contributed by atoms with van der Waals surface area (Å²) in [5.41, 5.74) is 12.6. The van der Waals surface area contributed by atoms with E-state index in [1.54, 1.807) is 0 Å². The van der Waals surface area contributed by atoms with Crippen molar-refractivity contribution in [1.29, 1.82) is 0 Å². The number of para-hydroxylation sites is 1. The average Bonchev–Trinajstić information content (AvgIpc) is 3.59. The molecule has 0 N–H and O–H groups in total. The normalized spacial score (nSPS) is 11.8. The number of aromatic nitrogens is 4. The zero-order valence-corrected chi connectivity index (χ0v) is 34.2. The summed E-state index contributed by atoms with van der Waals surface area (Å²) >= 11 is 0. The molecule has 3 aromatic heterocycles. The summed E-state index contributed by atoms with van der Waals surface area (Å²) in [6.45, 7) is 22.3. The largest absolute Gasteiger partial charge is 2.00 e. The molecule has 0 saturated carbocycles. The molecule has 0 aliphatic heterocycles. The maximum atomic E-state index is 6.68. The quantitative estimate of drug-likeness (QED) is 0.102. The van der Waals surface area contributed by atoms with Gasteiger partial charge in [0.25, 0.3) is 0 Å². The Morgan fingerprint density at radius 3 is 2.09 bits per heavy atom. The Morgan fingerprint density at radius 1 is 0.698 bits per heavy atom. The Labute approximate surface area is 329 Å². The summed E-state index contributed by atoms with van der Waals surface area (Å²) in [6.07, 6.45) is 2.91. The Morgan fingerprint density at radius 2 is 1.42 bits per heavy atom. The zero-order chi connectivity index (χ0) is 36.8. The van der Waals surface area contributed by atoms with E-state index < -0.39 is 0 Å². The van der Waals surface area contributed by atoms with Crippen molar-refractivity contribution in [2.24, 2.45) is 5.92 Å². The number of benzene rings is 4. The van der Waals surface area contributed by atoms with Crippen molar-refractivity contribution >= 4 is 21.8 Å². The third-order valence-corrected chi connectivity index (χ3v) is 10.1. The number of nitrogens with zero attached hydrogens (tertiary/aromatic N) is 4. The van der Waals surface area contributed by atoms with Crippen LogP contribution in [-0.4, -0.2) is 19.3 Å². The number of hydrogen-bond acceptors (Lipinski definition) is 3. The van der Waals surface area contributed by atoms with Crippen LogP contribution in [0, 0.1) is 31.9 Å². The van der Waals surface area contributed by atoms with Gasteiger partial charge in [-0.3, -0.25) is 4.68 Å². The summed E-state index contributed by atoms with van der Waals surface area (Å²) < 4.78 is 10.9. The number of fused-ring (bicyclic) bond motifs is 3. The van der Waals surface area contributed by atoms with Gasteiger partial charge >= 0.3 is 20.4 Å². The molecule has 6 heteroatoms. The van der Waals surface area contributed by atoms with Crippen LogP contribution < -0.4 is 4.74 Å². The first-order chi connectivity index (χ1) is 24.9. The van der Waals surface area contributed by atoms with Gasteiger partial charge < -0.3 is 9.30 Å². The first kappa shape index (κ1) is 38.2. The van der Waals surface area contributed by atoms with Crippen LogP contribution in [0.25, 0.3) is 44.4 Å². The van der Waals surface area contributed by atoms with Crippen molar-refractivity contribution in [3.05, 3.63) is 131 Å². The summed E-state index contributed by atoms with van der Waals surface area (Å²) in [7, 11) is 0. The SMILES string of the molecule is Cc1nn(-c2[c-]c(Oc3[c-]c4c(cc3)c3ccccc3n4-c3cc(CC(C)C)ccn3)cc(C(C)C)c2)c(C)c1-c1c(C(C)C)cccc1C(C)C.[Pd+2]. The molecule has 0 aliphatic carbocycles. The molecule has 0 aliphatic rings. The van der Waals surface area contributed by atoms with Crippen molar-refractivity contribution in [2.75, 3.05) is 0 Å². The molecule has 5 nitrogen and oxygen atoms in total. The summed E-state index contributed by atoms with van der Waals surface area (Å²) in [5, 5.41) is 7.42. The topological polar surface area (TPSA) is 44.9 Å². The fourth-order valence-electron chi connectivity index (χ4n) is 7.60. The van der Waals surface area contributed by atoms with Crippen LogP contribution in [0.2, 0.25) is 0 Å². The molecule has 0 spiro atoms. The van der Waals surface area contributed by atoms with Gasteiger partial charge in [0.15, 0.2) is 0 Å². The molecule has 0 saturated heterocycles. The van der Waals surface area contributed by atoms with Crippen LogP contribution in [0.4, 0.5) is 0 Å². The summed E-state index contributed by atoms with van der Waals surface area (Å²) in [6, 6.07) is 35.2. The zero-order valence-electron chi connectivity index (χ0n) is 32.6. The van der Waals surface area contributed by atoms with Crippen LogP contribution in [0.15, 0.2) is 85.1 Å². The number of ether oxygens (including phenoxy) is 1. The maximum Gasteiger partial charge on any atom is 2.00 e. The number of pyridine rings is 1. The molecule has 0 fully saturated rings. The predicted octanol–water partition coefficient (Wildman–Crippen LogP) is 12.6. The van der Waals surface area contributed by atoms with Gasteiger partial charge in [0, 0.05) is 34.5 Å². The van der Waals surface area contributed by atoms with Crippen LogP contribution >= 0.6 is 0 Å². The van der Waals surface area contributed by atoms with Crippen molar-refractivity contribution in [3.8, 4) is 34.1 Å². The van der Waals surface area contributed by atoms with E-state index in [0.29, 0.717) is 29.3 Å². The molecule has 53 heavy (non-hydrogen) atoms. The second kappa shape index (κ2) is 15.5. The maximum absolute atomic E-state index is 6.68. The Balaban J connectivity index is 0.00000481. The van der Waals surface area contributed by atoms with Gasteiger partial charge in [-0.15, -0.1) is 41.3 Å². The average molecular weight is 793 g/mol. The summed E-state index contributed by atoms with van der Waals surface area (Å²) in [4.78, 5) is 4.83. The third kappa shape index (κ3) is 7.37. The molecule has 0 unspecified atom stereocenters. The first-order valence-corrected chi connectivity index (χ1v) is 18.8. The van der Waals surface area contributed by atoms with E-state index in [1.807, 2.05) is 16.9 Å². The van der Waals surface area contributed by atoms with E-state index in [0.717, 1.165) is 56.7 Å². The van der Waals surface area contributed by atoms with Crippen LogP contribution in [0.1, 0.15) is 107 Å². The van der Waals surface area contributed by atoms with E-state index in [9.17, 15) is 0 Å². The van der Waals surface area contributed by atoms with E-state index in [-0.39, 0.29) is 26.3 Å². The van der Waals surface area contributed by atoms with Gasteiger partial charge in [-0.1, -0.05) is 97.3 Å². The molecule has 4 aromatic carbocycles. The fourth-order valence-corrected chi connectivity index (χ4v) is 7.60. The third-order valence-electron chi connectivity index (χ3n) is 10.1. The molecule has 0 amide bonds. The van der Waals surface area contributed by atoms with Gasteiger partial charge in [0.1, 0.15) is 5.82 Å². The van der Waals surface area contributed by atoms with E-state index in [4.69, 9.17) is 14.8 Å². The Hall–Kier alpha value is -4.50.